The van der Waals surface area contributed by atoms with E-state index in [1.54, 1.807) is 0 Å². The first-order chi connectivity index (χ1) is 13.9. The van der Waals surface area contributed by atoms with Crippen LogP contribution in [0.1, 0.15) is 48.2 Å². The molecule has 0 aliphatic heterocycles. The van der Waals surface area contributed by atoms with E-state index in [1.807, 2.05) is 0 Å². The molecule has 0 saturated carbocycles. The van der Waals surface area contributed by atoms with Gasteiger partial charge in [0.05, 0.1) is 22.8 Å². The minimum Gasteiger partial charge on any atom is -0.353 e. The zero-order chi connectivity index (χ0) is 18.5. The van der Waals surface area contributed by atoms with Crippen LogP contribution in [0.2, 0.25) is 0 Å². The number of hydrogen-bond donors (Lipinski definition) is 2. The fourth-order valence-corrected chi connectivity index (χ4v) is 4.85. The summed E-state index contributed by atoms with van der Waals surface area (Å²) in [6.07, 6.45) is 6.46. The highest BCUT2D eigenvalue weighted by molar-refractivity contribution is 6.09. The molecule has 4 nitrogen and oxygen atoms in total. The first kappa shape index (κ1) is 15.9. The van der Waals surface area contributed by atoms with Gasteiger partial charge in [-0.05, 0) is 61.8 Å². The van der Waals surface area contributed by atoms with Crippen LogP contribution in [0, 0.1) is 0 Å². The van der Waals surface area contributed by atoms with Gasteiger partial charge < -0.3 is 9.97 Å². The summed E-state index contributed by atoms with van der Waals surface area (Å²) in [5, 5.41) is 12.2. The average Bonchev–Trinajstić information content (AvgIpc) is 3.31. The van der Waals surface area contributed by atoms with Crippen molar-refractivity contribution in [1.82, 2.24) is 9.97 Å². The van der Waals surface area contributed by atoms with Gasteiger partial charge in [-0.1, -0.05) is 36.4 Å². The highest BCUT2D eigenvalue weighted by Crippen LogP contribution is 2.31. The second-order valence-corrected chi connectivity index (χ2v) is 7.85. The minimum absolute atomic E-state index is 0.982. The summed E-state index contributed by atoms with van der Waals surface area (Å²) in [5.41, 5.74) is 9.75. The van der Waals surface area contributed by atoms with E-state index < -0.39 is 0 Å². The summed E-state index contributed by atoms with van der Waals surface area (Å²) >= 11 is 0. The number of rotatable bonds is 1. The van der Waals surface area contributed by atoms with Gasteiger partial charge in [0.25, 0.3) is 0 Å². The second kappa shape index (κ2) is 6.20. The van der Waals surface area contributed by atoms with Crippen LogP contribution >= 0.6 is 0 Å². The van der Waals surface area contributed by atoms with Gasteiger partial charge in [0.15, 0.2) is 0 Å². The molecule has 2 heterocycles. The SMILES string of the molecule is c1ccc2c3c([nH]c2c1)/C(=N\N=C1\CCCc2c1[nH]c1ccccc21)CCC3. The Morgan fingerprint density at radius 2 is 1.04 bits per heavy atom. The van der Waals surface area contributed by atoms with Gasteiger partial charge >= 0.3 is 0 Å². The lowest BCUT2D eigenvalue weighted by Crippen LogP contribution is -2.13. The zero-order valence-electron chi connectivity index (χ0n) is 15.8. The Bertz CT molecular complexity index is 1170. The van der Waals surface area contributed by atoms with Gasteiger partial charge in [-0.2, -0.15) is 10.2 Å². The Labute approximate surface area is 163 Å². The second-order valence-electron chi connectivity index (χ2n) is 7.85. The van der Waals surface area contributed by atoms with Crippen molar-refractivity contribution >= 4 is 33.2 Å². The molecule has 4 aromatic rings. The highest BCUT2D eigenvalue weighted by atomic mass is 15.2. The number of aromatic amines is 2. The molecule has 138 valence electrons. The molecule has 0 fully saturated rings. The van der Waals surface area contributed by atoms with Crippen molar-refractivity contribution in [2.24, 2.45) is 10.2 Å². The first-order valence-electron chi connectivity index (χ1n) is 10.2. The molecular formula is C24H22N4. The zero-order valence-corrected chi connectivity index (χ0v) is 15.8. The Kier molecular flexibility index (Phi) is 3.51. The van der Waals surface area contributed by atoms with E-state index >= 15 is 0 Å². The number of aromatic nitrogens is 2. The molecule has 2 aliphatic rings. The molecule has 2 aliphatic carbocycles. The summed E-state index contributed by atoms with van der Waals surface area (Å²) in [4.78, 5) is 7.17. The molecule has 28 heavy (non-hydrogen) atoms. The van der Waals surface area contributed by atoms with Crippen LogP contribution in [-0.4, -0.2) is 21.4 Å². The molecule has 0 radical (unpaired) electrons. The van der Waals surface area contributed by atoms with Crippen LogP contribution in [0.15, 0.2) is 58.7 Å². The summed E-state index contributed by atoms with van der Waals surface area (Å²) < 4.78 is 0. The van der Waals surface area contributed by atoms with Crippen molar-refractivity contribution in [2.45, 2.75) is 38.5 Å². The number of benzene rings is 2. The van der Waals surface area contributed by atoms with Crippen LogP contribution < -0.4 is 0 Å². The molecule has 0 atom stereocenters. The number of para-hydroxylation sites is 2. The van der Waals surface area contributed by atoms with Crippen molar-refractivity contribution in [3.05, 3.63) is 71.0 Å². The lowest BCUT2D eigenvalue weighted by molar-refractivity contribution is 0.827. The van der Waals surface area contributed by atoms with Gasteiger partial charge in [0.1, 0.15) is 0 Å². The van der Waals surface area contributed by atoms with Gasteiger partial charge in [-0.25, -0.2) is 0 Å². The largest absolute Gasteiger partial charge is 0.353 e. The maximum absolute atomic E-state index is 4.77. The van der Waals surface area contributed by atoms with Crippen LogP contribution in [0.25, 0.3) is 21.8 Å². The van der Waals surface area contributed by atoms with Gasteiger partial charge in [-0.3, -0.25) is 0 Å². The maximum atomic E-state index is 4.77. The number of nitrogens with one attached hydrogen (secondary N) is 2. The third-order valence-electron chi connectivity index (χ3n) is 6.18. The van der Waals surface area contributed by atoms with Crippen molar-refractivity contribution < 1.29 is 0 Å². The molecule has 0 bridgehead atoms. The Balaban J connectivity index is 1.45. The topological polar surface area (TPSA) is 56.3 Å². The van der Waals surface area contributed by atoms with E-state index in [0.29, 0.717) is 0 Å². The Morgan fingerprint density at radius 1 is 0.571 bits per heavy atom. The van der Waals surface area contributed by atoms with E-state index in [9.17, 15) is 0 Å². The molecule has 2 N–H and O–H groups in total. The molecule has 0 amide bonds. The summed E-state index contributed by atoms with van der Waals surface area (Å²) in [6.45, 7) is 0. The average molecular weight is 366 g/mol. The van der Waals surface area contributed by atoms with Crippen molar-refractivity contribution in [3.63, 3.8) is 0 Å². The normalized spacial score (nSPS) is 19.4. The quantitative estimate of drug-likeness (QED) is 0.417. The van der Waals surface area contributed by atoms with Crippen molar-refractivity contribution in [2.75, 3.05) is 0 Å². The number of aryl methyl sites for hydroxylation is 2. The lowest BCUT2D eigenvalue weighted by Gasteiger charge is -2.15. The number of nitrogens with zero attached hydrogens (tertiary/aromatic N) is 2. The van der Waals surface area contributed by atoms with E-state index in [2.05, 4.69) is 58.5 Å². The summed E-state index contributed by atoms with van der Waals surface area (Å²) in [7, 11) is 0. The highest BCUT2D eigenvalue weighted by Gasteiger charge is 2.22. The third kappa shape index (κ3) is 2.37. The van der Waals surface area contributed by atoms with E-state index in [4.69, 9.17) is 10.2 Å². The van der Waals surface area contributed by atoms with Gasteiger partial charge in [0, 0.05) is 21.8 Å². The van der Waals surface area contributed by atoms with Crippen LogP contribution in [-0.2, 0) is 12.8 Å². The maximum Gasteiger partial charge on any atom is 0.0868 e. The first-order valence-corrected chi connectivity index (χ1v) is 10.2. The molecule has 0 saturated heterocycles. The predicted octanol–water partition coefficient (Wildman–Crippen LogP) is 5.52. The summed E-state index contributed by atoms with van der Waals surface area (Å²) in [5.74, 6) is 0. The Hall–Kier alpha value is -3.14. The lowest BCUT2D eigenvalue weighted by atomic mass is 9.94. The predicted molar refractivity (Wildman–Crippen MR) is 116 cm³/mol. The third-order valence-corrected chi connectivity index (χ3v) is 6.18. The van der Waals surface area contributed by atoms with Crippen LogP contribution in [0.4, 0.5) is 0 Å². The van der Waals surface area contributed by atoms with Crippen molar-refractivity contribution in [1.29, 1.82) is 0 Å². The number of hydrogen-bond acceptors (Lipinski definition) is 2. The fourth-order valence-electron chi connectivity index (χ4n) is 4.85. The van der Waals surface area contributed by atoms with Crippen LogP contribution in [0.3, 0.4) is 0 Å². The Morgan fingerprint density at radius 3 is 1.54 bits per heavy atom. The molecular weight excluding hydrogens is 344 g/mol. The van der Waals surface area contributed by atoms with Crippen LogP contribution in [0.5, 0.6) is 0 Å². The summed E-state index contributed by atoms with van der Waals surface area (Å²) in [6, 6.07) is 17.1. The van der Waals surface area contributed by atoms with Gasteiger partial charge in [0.2, 0.25) is 0 Å². The smallest absolute Gasteiger partial charge is 0.0868 e. The molecule has 0 unspecified atom stereocenters. The van der Waals surface area contributed by atoms with E-state index in [0.717, 1.165) is 49.9 Å². The standard InChI is InChI=1S/C24H22N4/c1-3-11-19-15(7-1)17-9-5-13-21(23(17)25-19)27-28-22-14-6-10-18-16-8-2-4-12-20(16)26-24(18)22/h1-4,7-8,11-12,25-26H,5-6,9-10,13-14H2/b27-21-,28-22-. The van der Waals surface area contributed by atoms with E-state index in [-0.39, 0.29) is 0 Å². The minimum atomic E-state index is 0.982. The molecule has 0 spiro atoms. The van der Waals surface area contributed by atoms with Crippen molar-refractivity contribution in [3.8, 4) is 0 Å². The van der Waals surface area contributed by atoms with E-state index in [1.165, 1.54) is 44.3 Å². The molecule has 6 rings (SSSR count). The molecule has 2 aromatic heterocycles. The molecule has 2 aromatic carbocycles. The number of H-pyrrole nitrogens is 2. The fraction of sp³-hybridized carbons (Fsp3) is 0.250. The van der Waals surface area contributed by atoms with Gasteiger partial charge in [-0.15, -0.1) is 0 Å². The molecule has 4 heteroatoms. The monoisotopic (exact) mass is 366 g/mol. The number of fused-ring (bicyclic) bond motifs is 6.